The summed E-state index contributed by atoms with van der Waals surface area (Å²) in [7, 11) is 1.34. The molecule has 0 N–H and O–H groups in total. The Balaban J connectivity index is 2.14. The van der Waals surface area contributed by atoms with Crippen LogP contribution in [0.4, 0.5) is 5.69 Å². The van der Waals surface area contributed by atoms with Crippen molar-refractivity contribution in [2.45, 2.75) is 25.8 Å². The Bertz CT molecular complexity index is 769. The van der Waals surface area contributed by atoms with Crippen LogP contribution in [0.3, 0.4) is 0 Å². The number of nitrogens with zero attached hydrogens (tertiary/aromatic N) is 1. The first kappa shape index (κ1) is 16.2. The second-order valence-electron chi connectivity index (χ2n) is 6.35. The quantitative estimate of drug-likeness (QED) is 0.641. The average Bonchev–Trinajstić information content (AvgIpc) is 2.85. The molecule has 0 radical (unpaired) electrons. The molecule has 4 nitrogen and oxygen atoms in total. The van der Waals surface area contributed by atoms with Crippen LogP contribution in [0.15, 0.2) is 54.6 Å². The largest absolute Gasteiger partial charge is 0.468 e. The van der Waals surface area contributed by atoms with Crippen molar-refractivity contribution < 1.29 is 14.3 Å². The normalized spacial score (nSPS) is 19.5. The number of esters is 1. The van der Waals surface area contributed by atoms with Crippen LogP contribution in [0.5, 0.6) is 0 Å². The van der Waals surface area contributed by atoms with Gasteiger partial charge in [-0.1, -0.05) is 62.4 Å². The van der Waals surface area contributed by atoms with Crippen LogP contribution in [0, 0.1) is 5.92 Å². The highest BCUT2D eigenvalue weighted by atomic mass is 16.5. The van der Waals surface area contributed by atoms with Gasteiger partial charge in [-0.3, -0.25) is 9.59 Å². The Morgan fingerprint density at radius 2 is 1.71 bits per heavy atom. The monoisotopic (exact) mass is 323 g/mol. The van der Waals surface area contributed by atoms with Gasteiger partial charge >= 0.3 is 5.97 Å². The number of hydrogen-bond acceptors (Lipinski definition) is 3. The molecule has 0 unspecified atom stereocenters. The van der Waals surface area contributed by atoms with Gasteiger partial charge in [-0.25, -0.2) is 0 Å². The lowest BCUT2D eigenvalue weighted by atomic mass is 9.72. The van der Waals surface area contributed by atoms with Crippen molar-refractivity contribution in [3.63, 3.8) is 0 Å². The topological polar surface area (TPSA) is 46.6 Å². The number of methoxy groups -OCH3 is 1. The highest BCUT2D eigenvalue weighted by Gasteiger charge is 2.59. The molecule has 24 heavy (non-hydrogen) atoms. The highest BCUT2D eigenvalue weighted by Crippen LogP contribution is 2.47. The first-order valence-electron chi connectivity index (χ1n) is 8.07. The fraction of sp³-hybridized carbons (Fsp3) is 0.300. The van der Waals surface area contributed by atoms with Gasteiger partial charge in [-0.2, -0.15) is 0 Å². The zero-order chi connectivity index (χ0) is 17.3. The number of benzene rings is 2. The summed E-state index contributed by atoms with van der Waals surface area (Å²) in [5.74, 6) is -0.917. The summed E-state index contributed by atoms with van der Waals surface area (Å²) in [4.78, 5) is 27.7. The predicted molar refractivity (Wildman–Crippen MR) is 92.6 cm³/mol. The number of para-hydroxylation sites is 1. The molecule has 1 aliphatic heterocycles. The Morgan fingerprint density at radius 3 is 2.33 bits per heavy atom. The molecule has 0 saturated heterocycles. The third-order valence-corrected chi connectivity index (χ3v) is 4.76. The molecule has 0 saturated carbocycles. The van der Waals surface area contributed by atoms with Crippen LogP contribution in [0.25, 0.3) is 0 Å². The van der Waals surface area contributed by atoms with Crippen molar-refractivity contribution in [2.75, 3.05) is 12.0 Å². The Kier molecular flexibility index (Phi) is 4.14. The van der Waals surface area contributed by atoms with E-state index in [2.05, 4.69) is 0 Å². The average molecular weight is 323 g/mol. The maximum atomic E-state index is 13.4. The zero-order valence-electron chi connectivity index (χ0n) is 14.2. The molecule has 124 valence electrons. The van der Waals surface area contributed by atoms with E-state index in [0.29, 0.717) is 6.54 Å². The van der Waals surface area contributed by atoms with Crippen molar-refractivity contribution >= 4 is 17.6 Å². The van der Waals surface area contributed by atoms with Gasteiger partial charge in [-0.15, -0.1) is 0 Å². The molecule has 2 aromatic rings. The van der Waals surface area contributed by atoms with Crippen molar-refractivity contribution in [3.05, 3.63) is 65.7 Å². The lowest BCUT2D eigenvalue weighted by Crippen LogP contribution is -2.50. The van der Waals surface area contributed by atoms with E-state index in [-0.39, 0.29) is 11.8 Å². The molecule has 2 aromatic carbocycles. The van der Waals surface area contributed by atoms with Gasteiger partial charge in [0.15, 0.2) is 5.41 Å². The van der Waals surface area contributed by atoms with Crippen LogP contribution in [-0.4, -0.2) is 19.0 Å². The molecule has 1 aliphatic rings. The van der Waals surface area contributed by atoms with E-state index >= 15 is 0 Å². The lowest BCUT2D eigenvalue weighted by Gasteiger charge is -2.29. The molecule has 1 atom stereocenters. The van der Waals surface area contributed by atoms with E-state index < -0.39 is 11.4 Å². The van der Waals surface area contributed by atoms with E-state index in [0.717, 1.165) is 16.8 Å². The van der Waals surface area contributed by atoms with Crippen LogP contribution < -0.4 is 4.90 Å². The Labute approximate surface area is 142 Å². The lowest BCUT2D eigenvalue weighted by molar-refractivity contribution is -0.153. The molecule has 0 aliphatic carbocycles. The molecule has 3 rings (SSSR count). The third kappa shape index (κ3) is 2.21. The minimum absolute atomic E-state index is 0.209. The molecular formula is C20H21NO3. The van der Waals surface area contributed by atoms with Crippen molar-refractivity contribution in [3.8, 4) is 0 Å². The first-order chi connectivity index (χ1) is 11.5. The van der Waals surface area contributed by atoms with E-state index in [1.165, 1.54) is 7.11 Å². The number of hydrogen-bond donors (Lipinski definition) is 0. The fourth-order valence-corrected chi connectivity index (χ4v) is 3.55. The number of fused-ring (bicyclic) bond motifs is 1. The molecule has 4 heteroatoms. The van der Waals surface area contributed by atoms with E-state index in [1.54, 1.807) is 4.90 Å². The van der Waals surface area contributed by atoms with Gasteiger partial charge in [0, 0.05) is 11.3 Å². The van der Waals surface area contributed by atoms with Gasteiger partial charge in [0.1, 0.15) is 0 Å². The number of rotatable bonds is 4. The molecule has 0 bridgehead atoms. The summed E-state index contributed by atoms with van der Waals surface area (Å²) in [6, 6.07) is 17.3. The van der Waals surface area contributed by atoms with Gasteiger partial charge in [-0.05, 0) is 17.5 Å². The fourth-order valence-electron chi connectivity index (χ4n) is 3.55. The van der Waals surface area contributed by atoms with Crippen LogP contribution in [0.1, 0.15) is 25.0 Å². The summed E-state index contributed by atoms with van der Waals surface area (Å²) in [6.07, 6.45) is 0. The van der Waals surface area contributed by atoms with E-state index in [4.69, 9.17) is 4.74 Å². The molecule has 0 spiro atoms. The maximum Gasteiger partial charge on any atom is 0.326 e. The Hall–Kier alpha value is -2.62. The molecular weight excluding hydrogens is 302 g/mol. The van der Waals surface area contributed by atoms with Crippen molar-refractivity contribution in [1.29, 1.82) is 0 Å². The van der Waals surface area contributed by atoms with Crippen LogP contribution in [-0.2, 0) is 26.3 Å². The number of carbonyl (C=O) groups excluding carboxylic acids is 2. The van der Waals surface area contributed by atoms with Crippen molar-refractivity contribution in [2.24, 2.45) is 5.92 Å². The minimum atomic E-state index is -1.28. The second kappa shape index (κ2) is 6.11. The van der Waals surface area contributed by atoms with Gasteiger partial charge in [0.05, 0.1) is 13.7 Å². The number of ether oxygens (including phenoxy) is 1. The van der Waals surface area contributed by atoms with E-state index in [9.17, 15) is 9.59 Å². The molecule has 0 aromatic heterocycles. The van der Waals surface area contributed by atoms with E-state index in [1.807, 2.05) is 68.4 Å². The Morgan fingerprint density at radius 1 is 1.08 bits per heavy atom. The second-order valence-corrected chi connectivity index (χ2v) is 6.35. The predicted octanol–water partition coefficient (Wildman–Crippen LogP) is 3.30. The summed E-state index contributed by atoms with van der Waals surface area (Å²) in [6.45, 7) is 4.21. The van der Waals surface area contributed by atoms with Crippen LogP contribution >= 0.6 is 0 Å². The van der Waals surface area contributed by atoms with Crippen molar-refractivity contribution in [1.82, 2.24) is 0 Å². The molecule has 1 heterocycles. The summed E-state index contributed by atoms with van der Waals surface area (Å²) >= 11 is 0. The third-order valence-electron chi connectivity index (χ3n) is 4.76. The molecule has 1 amide bonds. The smallest absolute Gasteiger partial charge is 0.326 e. The van der Waals surface area contributed by atoms with Gasteiger partial charge in [0.25, 0.3) is 0 Å². The number of carbonyl (C=O) groups is 2. The standard InChI is InChI=1S/C20H21NO3/c1-14(2)20(19(23)24-3)16-11-7-8-12-17(16)21(18(20)22)13-15-9-5-4-6-10-15/h4-12,14H,13H2,1-3H3/t20-/m0/s1. The molecule has 0 fully saturated rings. The van der Waals surface area contributed by atoms with Crippen LogP contribution in [0.2, 0.25) is 0 Å². The summed E-state index contributed by atoms with van der Waals surface area (Å²) in [5, 5.41) is 0. The van der Waals surface area contributed by atoms with Gasteiger partial charge in [0.2, 0.25) is 5.91 Å². The first-order valence-corrected chi connectivity index (χ1v) is 8.07. The van der Waals surface area contributed by atoms with Gasteiger partial charge < -0.3 is 9.64 Å². The minimum Gasteiger partial charge on any atom is -0.468 e. The zero-order valence-corrected chi connectivity index (χ0v) is 14.2. The number of amides is 1. The SMILES string of the molecule is COC(=O)[C@]1(C(C)C)C(=O)N(Cc2ccccc2)c2ccccc21. The number of anilines is 1. The summed E-state index contributed by atoms with van der Waals surface area (Å²) in [5.41, 5.74) is 1.25. The highest BCUT2D eigenvalue weighted by molar-refractivity contribution is 6.20. The summed E-state index contributed by atoms with van der Waals surface area (Å²) < 4.78 is 5.04. The maximum absolute atomic E-state index is 13.4.